The van der Waals surface area contributed by atoms with Crippen molar-refractivity contribution < 1.29 is 0 Å². The molecule has 0 aliphatic rings. The van der Waals surface area contributed by atoms with Gasteiger partial charge in [-0.15, -0.1) is 0 Å². The van der Waals surface area contributed by atoms with Gasteiger partial charge in [-0.2, -0.15) is 0 Å². The summed E-state index contributed by atoms with van der Waals surface area (Å²) in [5.74, 6) is 0.537. The van der Waals surface area contributed by atoms with E-state index < -0.39 is 0 Å². The first-order valence-electron chi connectivity index (χ1n) is 5.93. The molecule has 5 heteroatoms. The van der Waals surface area contributed by atoms with Crippen LogP contribution >= 0.6 is 22.6 Å². The van der Waals surface area contributed by atoms with Crippen molar-refractivity contribution in [3.63, 3.8) is 0 Å². The second-order valence-corrected chi connectivity index (χ2v) is 5.73. The molecule has 0 bridgehead atoms. The Bertz CT molecular complexity index is 776. The first-order chi connectivity index (χ1) is 9.09. The van der Waals surface area contributed by atoms with Crippen LogP contribution in [0.3, 0.4) is 0 Å². The van der Waals surface area contributed by atoms with E-state index in [1.54, 1.807) is 0 Å². The molecular formula is C14H13IN4. The Morgan fingerprint density at radius 1 is 1.21 bits per heavy atom. The van der Waals surface area contributed by atoms with Gasteiger partial charge in [0.2, 0.25) is 0 Å². The lowest BCUT2D eigenvalue weighted by Crippen LogP contribution is -1.99. The summed E-state index contributed by atoms with van der Waals surface area (Å²) in [7, 11) is 0. The molecule has 0 fully saturated rings. The van der Waals surface area contributed by atoms with E-state index in [0.29, 0.717) is 5.82 Å². The van der Waals surface area contributed by atoms with Gasteiger partial charge in [0.15, 0.2) is 5.65 Å². The molecule has 4 nitrogen and oxygen atoms in total. The molecule has 0 radical (unpaired) electrons. The summed E-state index contributed by atoms with van der Waals surface area (Å²) in [6.07, 6.45) is 1.51. The minimum absolute atomic E-state index is 0.537. The quantitative estimate of drug-likeness (QED) is 0.675. The van der Waals surface area contributed by atoms with Crippen LogP contribution in [0.4, 0.5) is 5.82 Å². The summed E-state index contributed by atoms with van der Waals surface area (Å²) in [5.41, 5.74) is 10.2. The Hall–Kier alpha value is -1.63. The molecule has 0 atom stereocenters. The number of aryl methyl sites for hydroxylation is 1. The molecule has 0 unspecified atom stereocenters. The molecule has 2 N–H and O–H groups in total. The molecule has 2 aromatic heterocycles. The van der Waals surface area contributed by atoms with Crippen LogP contribution in [0.1, 0.15) is 11.3 Å². The Morgan fingerprint density at radius 2 is 2.00 bits per heavy atom. The third kappa shape index (κ3) is 1.88. The van der Waals surface area contributed by atoms with Crippen molar-refractivity contribution in [3.05, 3.63) is 45.4 Å². The van der Waals surface area contributed by atoms with Crippen molar-refractivity contribution in [2.75, 3.05) is 5.73 Å². The number of fused-ring (bicyclic) bond motifs is 1. The molecule has 0 saturated carbocycles. The molecule has 96 valence electrons. The second kappa shape index (κ2) is 4.48. The molecule has 2 heterocycles. The normalized spacial score (nSPS) is 11.1. The van der Waals surface area contributed by atoms with Gasteiger partial charge in [0.05, 0.1) is 5.39 Å². The Morgan fingerprint density at radius 3 is 2.74 bits per heavy atom. The summed E-state index contributed by atoms with van der Waals surface area (Å²) >= 11 is 2.31. The van der Waals surface area contributed by atoms with Crippen LogP contribution in [0.5, 0.6) is 0 Å². The highest BCUT2D eigenvalue weighted by atomic mass is 127. The lowest BCUT2D eigenvalue weighted by molar-refractivity contribution is 1.01. The van der Waals surface area contributed by atoms with E-state index in [-0.39, 0.29) is 0 Å². The van der Waals surface area contributed by atoms with Crippen molar-refractivity contribution in [1.82, 2.24) is 14.5 Å². The van der Waals surface area contributed by atoms with Crippen molar-refractivity contribution in [1.29, 1.82) is 0 Å². The molecule has 19 heavy (non-hydrogen) atoms. The van der Waals surface area contributed by atoms with Gasteiger partial charge in [-0.3, -0.25) is 4.57 Å². The van der Waals surface area contributed by atoms with Gasteiger partial charge >= 0.3 is 0 Å². The minimum atomic E-state index is 0.537. The zero-order chi connectivity index (χ0) is 13.6. The van der Waals surface area contributed by atoms with Gasteiger partial charge in [-0.1, -0.05) is 6.07 Å². The van der Waals surface area contributed by atoms with E-state index in [2.05, 4.69) is 69.2 Å². The fraction of sp³-hybridized carbons (Fsp3) is 0.143. The van der Waals surface area contributed by atoms with E-state index in [1.165, 1.54) is 9.90 Å². The van der Waals surface area contributed by atoms with Gasteiger partial charge in [0, 0.05) is 15.0 Å². The predicted octanol–water partition coefficient (Wildman–Crippen LogP) is 3.22. The lowest BCUT2D eigenvalue weighted by Gasteiger charge is -2.08. The van der Waals surface area contributed by atoms with Crippen molar-refractivity contribution >= 4 is 39.4 Å². The van der Waals surface area contributed by atoms with E-state index in [9.17, 15) is 0 Å². The number of rotatable bonds is 1. The van der Waals surface area contributed by atoms with E-state index in [1.807, 2.05) is 6.07 Å². The highest BCUT2D eigenvalue weighted by molar-refractivity contribution is 14.1. The monoisotopic (exact) mass is 364 g/mol. The van der Waals surface area contributed by atoms with E-state index >= 15 is 0 Å². The maximum atomic E-state index is 5.98. The summed E-state index contributed by atoms with van der Waals surface area (Å²) < 4.78 is 3.32. The lowest BCUT2D eigenvalue weighted by atomic mass is 10.2. The molecule has 0 aliphatic carbocycles. The number of hydrogen-bond donors (Lipinski definition) is 1. The van der Waals surface area contributed by atoms with Gasteiger partial charge in [0.25, 0.3) is 0 Å². The number of nitrogen functional groups attached to an aromatic ring is 1. The molecule has 0 spiro atoms. The molecule has 3 aromatic rings. The fourth-order valence-corrected chi connectivity index (χ4v) is 2.88. The average Bonchev–Trinajstić information content (AvgIpc) is 2.63. The standard InChI is InChI=1S/C14H13IN4/c1-8-9(2)19(11-5-3-4-10(15)6-11)14-12(8)13(16)17-7-18-14/h3-7H,1-2H3,(H2,16,17,18). The topological polar surface area (TPSA) is 56.7 Å². The van der Waals surface area contributed by atoms with Crippen LogP contribution < -0.4 is 5.73 Å². The number of nitrogens with zero attached hydrogens (tertiary/aromatic N) is 3. The first kappa shape index (κ1) is 12.4. The molecule has 0 aliphatic heterocycles. The van der Waals surface area contributed by atoms with Crippen LogP contribution in [0.15, 0.2) is 30.6 Å². The highest BCUT2D eigenvalue weighted by Gasteiger charge is 2.16. The Balaban J connectivity index is 2.42. The van der Waals surface area contributed by atoms with Crippen LogP contribution in [0.2, 0.25) is 0 Å². The number of halogens is 1. The number of anilines is 1. The predicted molar refractivity (Wildman–Crippen MR) is 85.5 cm³/mol. The fourth-order valence-electron chi connectivity index (χ4n) is 2.36. The van der Waals surface area contributed by atoms with Gasteiger partial charge in [0.1, 0.15) is 12.1 Å². The molecule has 0 amide bonds. The van der Waals surface area contributed by atoms with Crippen molar-refractivity contribution in [3.8, 4) is 5.69 Å². The van der Waals surface area contributed by atoms with E-state index in [4.69, 9.17) is 5.73 Å². The largest absolute Gasteiger partial charge is 0.383 e. The number of benzene rings is 1. The number of nitrogens with two attached hydrogens (primary N) is 1. The number of hydrogen-bond acceptors (Lipinski definition) is 3. The smallest absolute Gasteiger partial charge is 0.150 e. The van der Waals surface area contributed by atoms with Crippen molar-refractivity contribution in [2.45, 2.75) is 13.8 Å². The maximum absolute atomic E-state index is 5.98. The van der Waals surface area contributed by atoms with Gasteiger partial charge in [-0.05, 0) is 60.2 Å². The minimum Gasteiger partial charge on any atom is -0.383 e. The third-order valence-corrected chi connectivity index (χ3v) is 4.06. The zero-order valence-corrected chi connectivity index (χ0v) is 12.8. The zero-order valence-electron chi connectivity index (χ0n) is 10.7. The Labute approximate surface area is 124 Å². The molecule has 1 aromatic carbocycles. The van der Waals surface area contributed by atoms with Crippen molar-refractivity contribution in [2.24, 2.45) is 0 Å². The van der Waals surface area contributed by atoms with Gasteiger partial charge in [-0.25, -0.2) is 9.97 Å². The first-order valence-corrected chi connectivity index (χ1v) is 7.01. The maximum Gasteiger partial charge on any atom is 0.150 e. The van der Waals surface area contributed by atoms with Gasteiger partial charge < -0.3 is 5.73 Å². The Kier molecular flexibility index (Phi) is 2.93. The SMILES string of the molecule is Cc1c(C)n(-c2cccc(I)c2)c2ncnc(N)c12. The molecule has 3 rings (SSSR count). The molecule has 0 saturated heterocycles. The average molecular weight is 364 g/mol. The van der Waals surface area contributed by atoms with Crippen LogP contribution in [-0.4, -0.2) is 14.5 Å². The van der Waals surface area contributed by atoms with E-state index in [0.717, 1.165) is 28.0 Å². The summed E-state index contributed by atoms with van der Waals surface area (Å²) in [5, 5.41) is 0.943. The second-order valence-electron chi connectivity index (χ2n) is 4.48. The summed E-state index contributed by atoms with van der Waals surface area (Å²) in [6.45, 7) is 4.14. The highest BCUT2D eigenvalue weighted by Crippen LogP contribution is 2.30. The van der Waals surface area contributed by atoms with Crippen LogP contribution in [0, 0.1) is 17.4 Å². The summed E-state index contributed by atoms with van der Waals surface area (Å²) in [4.78, 5) is 8.48. The number of aromatic nitrogens is 3. The van der Waals surface area contributed by atoms with Crippen LogP contribution in [-0.2, 0) is 0 Å². The third-order valence-electron chi connectivity index (χ3n) is 3.39. The van der Waals surface area contributed by atoms with Crippen LogP contribution in [0.25, 0.3) is 16.7 Å². The molecular weight excluding hydrogens is 351 g/mol. The summed E-state index contributed by atoms with van der Waals surface area (Å²) in [6, 6.07) is 8.32.